The van der Waals surface area contributed by atoms with Crippen LogP contribution in [0.2, 0.25) is 0 Å². The van der Waals surface area contributed by atoms with Crippen LogP contribution in [-0.4, -0.2) is 25.2 Å². The number of hydrogen-bond donors (Lipinski definition) is 2. The summed E-state index contributed by atoms with van der Waals surface area (Å²) in [5, 5.41) is 7.43. The van der Waals surface area contributed by atoms with Gasteiger partial charge in [-0.15, -0.1) is 0 Å². The molecule has 0 bridgehead atoms. The molecule has 2 aliphatic heterocycles. The van der Waals surface area contributed by atoms with Crippen LogP contribution < -0.4 is 10.6 Å². The summed E-state index contributed by atoms with van der Waals surface area (Å²) in [5.74, 6) is 0. The highest BCUT2D eigenvalue weighted by Gasteiger charge is 2.22. The summed E-state index contributed by atoms with van der Waals surface area (Å²) in [6.07, 6.45) is 11.2. The van der Waals surface area contributed by atoms with Crippen LogP contribution in [-0.2, 0) is 0 Å². The van der Waals surface area contributed by atoms with E-state index in [4.69, 9.17) is 0 Å². The van der Waals surface area contributed by atoms with Gasteiger partial charge >= 0.3 is 0 Å². The van der Waals surface area contributed by atoms with Crippen molar-refractivity contribution in [1.29, 1.82) is 0 Å². The van der Waals surface area contributed by atoms with Gasteiger partial charge in [-0.05, 0) is 38.8 Å². The van der Waals surface area contributed by atoms with Crippen LogP contribution in [0.4, 0.5) is 0 Å². The molecule has 2 N–H and O–H groups in total. The van der Waals surface area contributed by atoms with E-state index in [1.54, 1.807) is 0 Å². The Morgan fingerprint density at radius 3 is 1.57 bits per heavy atom. The Balaban J connectivity index is 1.83. The molecule has 2 rings (SSSR count). The van der Waals surface area contributed by atoms with Crippen LogP contribution in [0.1, 0.15) is 51.4 Å². The van der Waals surface area contributed by atoms with Gasteiger partial charge in [0.05, 0.1) is 0 Å². The number of nitrogens with one attached hydrogen (secondary N) is 2. The third-order valence-corrected chi connectivity index (χ3v) is 3.68. The van der Waals surface area contributed by atoms with E-state index in [0.29, 0.717) is 0 Å². The van der Waals surface area contributed by atoms with Crippen LogP contribution in [0.25, 0.3) is 0 Å². The first kappa shape index (κ1) is 10.4. The SMILES string of the molecule is C1CCNC(C2CCCCCN2)CC1. The maximum Gasteiger partial charge on any atom is 0.0221 e. The fourth-order valence-electron chi connectivity index (χ4n) is 2.80. The van der Waals surface area contributed by atoms with E-state index < -0.39 is 0 Å². The van der Waals surface area contributed by atoms with Gasteiger partial charge in [-0.25, -0.2) is 0 Å². The van der Waals surface area contributed by atoms with Gasteiger partial charge in [-0.3, -0.25) is 0 Å². The van der Waals surface area contributed by atoms with E-state index in [1.807, 2.05) is 0 Å². The molecule has 0 aliphatic carbocycles. The molecule has 2 aliphatic rings. The van der Waals surface area contributed by atoms with Crippen LogP contribution in [0.3, 0.4) is 0 Å². The molecule has 0 saturated carbocycles. The molecule has 2 unspecified atom stereocenters. The summed E-state index contributed by atoms with van der Waals surface area (Å²) in [5.41, 5.74) is 0. The van der Waals surface area contributed by atoms with Crippen LogP contribution in [0, 0.1) is 0 Å². The van der Waals surface area contributed by atoms with Crippen LogP contribution in [0.15, 0.2) is 0 Å². The fraction of sp³-hybridized carbons (Fsp3) is 1.00. The van der Waals surface area contributed by atoms with Crippen molar-refractivity contribution in [1.82, 2.24) is 10.6 Å². The van der Waals surface area contributed by atoms with Gasteiger partial charge in [0.1, 0.15) is 0 Å². The Labute approximate surface area is 87.8 Å². The molecule has 2 nitrogen and oxygen atoms in total. The molecular formula is C12H24N2. The second kappa shape index (κ2) is 5.72. The van der Waals surface area contributed by atoms with E-state index in [0.717, 1.165) is 12.1 Å². The summed E-state index contributed by atoms with van der Waals surface area (Å²) < 4.78 is 0. The van der Waals surface area contributed by atoms with Gasteiger partial charge in [0.25, 0.3) is 0 Å². The lowest BCUT2D eigenvalue weighted by molar-refractivity contribution is 0.358. The standard InChI is InChI=1S/C12H24N2/c1-3-7-11(13-9-5-1)12-8-4-2-6-10-14-12/h11-14H,1-10H2. The molecule has 0 aromatic carbocycles. The topological polar surface area (TPSA) is 24.1 Å². The Kier molecular flexibility index (Phi) is 4.26. The average Bonchev–Trinajstić information content (AvgIpc) is 2.62. The van der Waals surface area contributed by atoms with Crippen molar-refractivity contribution in [3.8, 4) is 0 Å². The van der Waals surface area contributed by atoms with E-state index in [1.165, 1.54) is 64.5 Å². The molecule has 0 spiro atoms. The molecule has 2 saturated heterocycles. The molecule has 2 heteroatoms. The summed E-state index contributed by atoms with van der Waals surface area (Å²) in [6.45, 7) is 2.48. The zero-order chi connectivity index (χ0) is 9.64. The van der Waals surface area contributed by atoms with Crippen molar-refractivity contribution in [2.24, 2.45) is 0 Å². The monoisotopic (exact) mass is 196 g/mol. The van der Waals surface area contributed by atoms with Gasteiger partial charge in [-0.2, -0.15) is 0 Å². The predicted octanol–water partition coefficient (Wildman–Crippen LogP) is 2.05. The highest BCUT2D eigenvalue weighted by atomic mass is 15.0. The second-order valence-electron chi connectivity index (χ2n) is 4.82. The first-order chi connectivity index (χ1) is 6.97. The van der Waals surface area contributed by atoms with Crippen LogP contribution in [0.5, 0.6) is 0 Å². The zero-order valence-corrected chi connectivity index (χ0v) is 9.23. The minimum atomic E-state index is 0.760. The fourth-order valence-corrected chi connectivity index (χ4v) is 2.80. The van der Waals surface area contributed by atoms with Crippen molar-refractivity contribution < 1.29 is 0 Å². The molecule has 14 heavy (non-hydrogen) atoms. The lowest BCUT2D eigenvalue weighted by Crippen LogP contribution is -2.47. The molecular weight excluding hydrogens is 172 g/mol. The van der Waals surface area contributed by atoms with Gasteiger partial charge in [0, 0.05) is 12.1 Å². The lowest BCUT2D eigenvalue weighted by atomic mass is 9.99. The molecule has 0 aromatic heterocycles. The molecule has 0 amide bonds. The third-order valence-electron chi connectivity index (χ3n) is 3.68. The van der Waals surface area contributed by atoms with E-state index >= 15 is 0 Å². The molecule has 2 atom stereocenters. The van der Waals surface area contributed by atoms with Crippen molar-refractivity contribution in [3.63, 3.8) is 0 Å². The summed E-state index contributed by atoms with van der Waals surface area (Å²) >= 11 is 0. The molecule has 2 heterocycles. The zero-order valence-electron chi connectivity index (χ0n) is 9.23. The average molecular weight is 196 g/mol. The maximum absolute atomic E-state index is 3.72. The van der Waals surface area contributed by atoms with E-state index in [-0.39, 0.29) is 0 Å². The smallest absolute Gasteiger partial charge is 0.0221 e. The molecule has 82 valence electrons. The number of hydrogen-bond acceptors (Lipinski definition) is 2. The first-order valence-electron chi connectivity index (χ1n) is 6.43. The summed E-state index contributed by atoms with van der Waals surface area (Å²) in [6, 6.07) is 1.52. The van der Waals surface area contributed by atoms with Crippen molar-refractivity contribution in [2.75, 3.05) is 13.1 Å². The van der Waals surface area contributed by atoms with Crippen molar-refractivity contribution in [3.05, 3.63) is 0 Å². The van der Waals surface area contributed by atoms with Crippen molar-refractivity contribution in [2.45, 2.75) is 63.5 Å². The first-order valence-corrected chi connectivity index (χ1v) is 6.43. The highest BCUT2D eigenvalue weighted by Crippen LogP contribution is 2.17. The summed E-state index contributed by atoms with van der Waals surface area (Å²) in [4.78, 5) is 0. The second-order valence-corrected chi connectivity index (χ2v) is 4.82. The minimum absolute atomic E-state index is 0.760. The maximum atomic E-state index is 3.72. The lowest BCUT2D eigenvalue weighted by Gasteiger charge is -2.26. The largest absolute Gasteiger partial charge is 0.312 e. The van der Waals surface area contributed by atoms with E-state index in [2.05, 4.69) is 10.6 Å². The Bertz CT molecular complexity index is 124. The Morgan fingerprint density at radius 1 is 0.571 bits per heavy atom. The normalized spacial score (nSPS) is 36.0. The minimum Gasteiger partial charge on any atom is -0.312 e. The van der Waals surface area contributed by atoms with Gasteiger partial charge in [0.15, 0.2) is 0 Å². The summed E-state index contributed by atoms with van der Waals surface area (Å²) in [7, 11) is 0. The third kappa shape index (κ3) is 2.96. The van der Waals surface area contributed by atoms with Gasteiger partial charge in [-0.1, -0.05) is 25.7 Å². The van der Waals surface area contributed by atoms with Gasteiger partial charge < -0.3 is 10.6 Å². The van der Waals surface area contributed by atoms with Crippen molar-refractivity contribution >= 4 is 0 Å². The molecule has 0 aromatic rings. The Morgan fingerprint density at radius 2 is 1.07 bits per heavy atom. The van der Waals surface area contributed by atoms with Gasteiger partial charge in [0.2, 0.25) is 0 Å². The predicted molar refractivity (Wildman–Crippen MR) is 60.5 cm³/mol. The quantitative estimate of drug-likeness (QED) is 0.671. The Hall–Kier alpha value is -0.0800. The van der Waals surface area contributed by atoms with E-state index in [9.17, 15) is 0 Å². The number of rotatable bonds is 1. The highest BCUT2D eigenvalue weighted by molar-refractivity contribution is 4.85. The van der Waals surface area contributed by atoms with Crippen LogP contribution >= 0.6 is 0 Å². The molecule has 0 radical (unpaired) electrons. The molecule has 2 fully saturated rings.